The highest BCUT2D eigenvalue weighted by atomic mass is 16.5. The molecule has 2 aromatic rings. The van der Waals surface area contributed by atoms with Crippen LogP contribution in [-0.2, 0) is 20.8 Å². The van der Waals surface area contributed by atoms with Crippen molar-refractivity contribution in [3.63, 3.8) is 0 Å². The minimum absolute atomic E-state index is 0.128. The van der Waals surface area contributed by atoms with Crippen molar-refractivity contribution in [3.05, 3.63) is 47.2 Å². The lowest BCUT2D eigenvalue weighted by Gasteiger charge is -2.23. The molecule has 0 bridgehead atoms. The second-order valence-corrected chi connectivity index (χ2v) is 9.14. The summed E-state index contributed by atoms with van der Waals surface area (Å²) >= 11 is 0. The number of hydrogen-bond acceptors (Lipinski definition) is 4. The number of allylic oxidation sites excluding steroid dienone is 1. The molecule has 4 rings (SSSR count). The number of carbonyl (C=O) groups excluding carboxylic acids is 2. The molecular formula is C26H34N2O4. The standard InChI is InChI=1S/C26H34N2O4/c1-17-8-9-23(29)21(24(14-17)31-3)15-27-26(30)25-18(2)28(16-19-10-12-32-13-11-19)22-7-5-4-6-20(22)25/h4-7,14,19,21,24H,8-13,15-16H2,1-3H3,(H,27,30). The maximum Gasteiger partial charge on any atom is 0.253 e. The predicted octanol–water partition coefficient (Wildman–Crippen LogP) is 4.05. The van der Waals surface area contributed by atoms with E-state index >= 15 is 0 Å². The number of fused-ring (bicyclic) bond motifs is 1. The van der Waals surface area contributed by atoms with Crippen LogP contribution in [0.25, 0.3) is 10.9 Å². The molecule has 0 saturated carbocycles. The Morgan fingerprint density at radius 1 is 1.19 bits per heavy atom. The Morgan fingerprint density at radius 2 is 1.94 bits per heavy atom. The van der Waals surface area contributed by atoms with E-state index in [1.54, 1.807) is 7.11 Å². The topological polar surface area (TPSA) is 69.6 Å². The van der Waals surface area contributed by atoms with Crippen molar-refractivity contribution < 1.29 is 19.1 Å². The minimum Gasteiger partial charge on any atom is -0.381 e. The molecule has 6 heteroatoms. The Balaban J connectivity index is 1.57. The molecule has 1 N–H and O–H groups in total. The van der Waals surface area contributed by atoms with E-state index in [4.69, 9.17) is 9.47 Å². The SMILES string of the molecule is COC1C=C(C)CCC(=O)C1CNC(=O)c1c(C)n(CC2CCOCC2)c2ccccc12. The number of ether oxygens (including phenoxy) is 2. The van der Waals surface area contributed by atoms with Gasteiger partial charge in [0.05, 0.1) is 17.6 Å². The largest absolute Gasteiger partial charge is 0.381 e. The predicted molar refractivity (Wildman–Crippen MR) is 125 cm³/mol. The molecule has 1 aliphatic heterocycles. The van der Waals surface area contributed by atoms with Crippen molar-refractivity contribution in [1.82, 2.24) is 9.88 Å². The molecule has 2 unspecified atom stereocenters. The zero-order valence-electron chi connectivity index (χ0n) is 19.4. The number of benzene rings is 1. The van der Waals surface area contributed by atoms with Crippen molar-refractivity contribution in [3.8, 4) is 0 Å². The quantitative estimate of drug-likeness (QED) is 0.691. The van der Waals surface area contributed by atoms with Gasteiger partial charge >= 0.3 is 0 Å². The summed E-state index contributed by atoms with van der Waals surface area (Å²) in [6.45, 7) is 6.82. The summed E-state index contributed by atoms with van der Waals surface area (Å²) in [6.07, 6.45) is 5.05. The molecule has 2 atom stereocenters. The molecule has 2 heterocycles. The third kappa shape index (κ3) is 4.66. The van der Waals surface area contributed by atoms with Crippen molar-refractivity contribution in [2.24, 2.45) is 11.8 Å². The molecule has 172 valence electrons. The third-order valence-electron chi connectivity index (χ3n) is 7.02. The second kappa shape index (κ2) is 10.0. The molecule has 6 nitrogen and oxygen atoms in total. The van der Waals surface area contributed by atoms with E-state index in [2.05, 4.69) is 16.0 Å². The van der Waals surface area contributed by atoms with Crippen molar-refractivity contribution in [2.45, 2.75) is 52.2 Å². The molecule has 1 fully saturated rings. The first-order chi connectivity index (χ1) is 15.5. The summed E-state index contributed by atoms with van der Waals surface area (Å²) in [6, 6.07) is 8.09. The number of rotatable bonds is 6. The van der Waals surface area contributed by atoms with Crippen LogP contribution in [0.2, 0.25) is 0 Å². The lowest BCUT2D eigenvalue weighted by molar-refractivity contribution is -0.125. The maximum absolute atomic E-state index is 13.4. The first-order valence-corrected chi connectivity index (χ1v) is 11.7. The fraction of sp³-hybridized carbons (Fsp3) is 0.538. The minimum atomic E-state index is -0.364. The Morgan fingerprint density at radius 3 is 2.69 bits per heavy atom. The fourth-order valence-electron chi connectivity index (χ4n) is 5.06. The number of nitrogens with zero attached hydrogens (tertiary/aromatic N) is 1. The third-order valence-corrected chi connectivity index (χ3v) is 7.02. The van der Waals surface area contributed by atoms with Gasteiger partial charge in [0.1, 0.15) is 5.78 Å². The molecule has 0 radical (unpaired) electrons. The van der Waals surface area contributed by atoms with Crippen molar-refractivity contribution in [1.29, 1.82) is 0 Å². The number of methoxy groups -OCH3 is 1. The average Bonchev–Trinajstić information content (AvgIpc) is 2.99. The summed E-state index contributed by atoms with van der Waals surface area (Å²) in [7, 11) is 1.62. The van der Waals surface area contributed by atoms with Gasteiger partial charge in [-0.1, -0.05) is 29.8 Å². The van der Waals surface area contributed by atoms with Gasteiger partial charge in [-0.2, -0.15) is 0 Å². The van der Waals surface area contributed by atoms with Gasteiger partial charge in [-0.15, -0.1) is 0 Å². The average molecular weight is 439 g/mol. The summed E-state index contributed by atoms with van der Waals surface area (Å²) in [4.78, 5) is 26.1. The number of para-hydroxylation sites is 1. The van der Waals surface area contributed by atoms with Crippen LogP contribution < -0.4 is 5.32 Å². The van der Waals surface area contributed by atoms with E-state index in [9.17, 15) is 9.59 Å². The summed E-state index contributed by atoms with van der Waals surface area (Å²) in [5.74, 6) is 0.202. The normalized spacial score (nSPS) is 22.6. The number of aromatic nitrogens is 1. The number of amides is 1. The molecule has 2 aliphatic rings. The van der Waals surface area contributed by atoms with E-state index < -0.39 is 0 Å². The van der Waals surface area contributed by atoms with Crippen LogP contribution >= 0.6 is 0 Å². The van der Waals surface area contributed by atoms with E-state index in [-0.39, 0.29) is 30.3 Å². The highest BCUT2D eigenvalue weighted by Crippen LogP contribution is 2.29. The smallest absolute Gasteiger partial charge is 0.253 e. The number of nitrogens with one attached hydrogen (secondary N) is 1. The van der Waals surface area contributed by atoms with Crippen LogP contribution in [0.3, 0.4) is 0 Å². The Bertz CT molecular complexity index is 1020. The molecule has 0 spiro atoms. The van der Waals surface area contributed by atoms with Gasteiger partial charge in [0.25, 0.3) is 5.91 Å². The van der Waals surface area contributed by atoms with Crippen LogP contribution in [0.5, 0.6) is 0 Å². The van der Waals surface area contributed by atoms with Crippen LogP contribution in [0.4, 0.5) is 0 Å². The van der Waals surface area contributed by atoms with E-state index in [1.807, 2.05) is 38.1 Å². The molecule has 1 aromatic heterocycles. The molecule has 1 aromatic carbocycles. The van der Waals surface area contributed by atoms with Gasteiger partial charge in [0.2, 0.25) is 0 Å². The zero-order valence-corrected chi connectivity index (χ0v) is 19.4. The highest BCUT2D eigenvalue weighted by Gasteiger charge is 2.30. The summed E-state index contributed by atoms with van der Waals surface area (Å²) < 4.78 is 13.4. The van der Waals surface area contributed by atoms with E-state index in [0.717, 1.165) is 61.2 Å². The summed E-state index contributed by atoms with van der Waals surface area (Å²) in [5, 5.41) is 4.01. The van der Waals surface area contributed by atoms with Gasteiger partial charge in [-0.25, -0.2) is 0 Å². The van der Waals surface area contributed by atoms with E-state index in [1.165, 1.54) is 0 Å². The van der Waals surface area contributed by atoms with Crippen LogP contribution in [0.1, 0.15) is 48.7 Å². The highest BCUT2D eigenvalue weighted by molar-refractivity contribution is 6.08. The van der Waals surface area contributed by atoms with Gasteiger partial charge in [0.15, 0.2) is 0 Å². The maximum atomic E-state index is 13.4. The Kier molecular flexibility index (Phi) is 7.11. The molecule has 32 heavy (non-hydrogen) atoms. The lowest BCUT2D eigenvalue weighted by atomic mass is 9.96. The second-order valence-electron chi connectivity index (χ2n) is 9.14. The van der Waals surface area contributed by atoms with Gasteiger partial charge < -0.3 is 19.4 Å². The number of Topliss-reactive ketones (excluding diaryl/α,β-unsaturated/α-hetero) is 1. The summed E-state index contributed by atoms with van der Waals surface area (Å²) in [5.41, 5.74) is 3.92. The number of carbonyl (C=O) groups is 2. The molecular weight excluding hydrogens is 404 g/mol. The first-order valence-electron chi connectivity index (χ1n) is 11.7. The van der Waals surface area contributed by atoms with E-state index in [0.29, 0.717) is 17.9 Å². The zero-order chi connectivity index (χ0) is 22.7. The van der Waals surface area contributed by atoms with Crippen LogP contribution in [-0.4, -0.2) is 49.2 Å². The lowest BCUT2D eigenvalue weighted by Crippen LogP contribution is -2.39. The van der Waals surface area contributed by atoms with Gasteiger partial charge in [0, 0.05) is 56.4 Å². The first kappa shape index (κ1) is 22.7. The van der Waals surface area contributed by atoms with Gasteiger partial charge in [-0.05, 0) is 45.1 Å². The fourth-order valence-corrected chi connectivity index (χ4v) is 5.06. The number of hydrogen-bond donors (Lipinski definition) is 1. The Labute approximate surface area is 189 Å². The molecule has 1 amide bonds. The monoisotopic (exact) mass is 438 g/mol. The van der Waals surface area contributed by atoms with Crippen LogP contribution in [0, 0.1) is 18.8 Å². The van der Waals surface area contributed by atoms with Crippen molar-refractivity contribution in [2.75, 3.05) is 26.9 Å². The molecule has 1 saturated heterocycles. The Hall–Kier alpha value is -2.44. The van der Waals surface area contributed by atoms with Crippen LogP contribution in [0.15, 0.2) is 35.9 Å². The van der Waals surface area contributed by atoms with Gasteiger partial charge in [-0.3, -0.25) is 9.59 Å². The molecule has 1 aliphatic carbocycles. The number of ketones is 1. The van der Waals surface area contributed by atoms with Crippen molar-refractivity contribution >= 4 is 22.6 Å².